The molecule has 0 aliphatic carbocycles. The first-order chi connectivity index (χ1) is 11.1. The normalized spacial score (nSPS) is 18.6. The molecule has 3 rings (SSSR count). The largest absolute Gasteiger partial charge is 0.447 e. The summed E-state index contributed by atoms with van der Waals surface area (Å²) in [7, 11) is 0. The maximum atomic E-state index is 12.8. The van der Waals surface area contributed by atoms with Gasteiger partial charge in [0.25, 0.3) is 5.91 Å². The maximum absolute atomic E-state index is 12.8. The van der Waals surface area contributed by atoms with E-state index < -0.39 is 0 Å². The second kappa shape index (κ2) is 6.52. The fourth-order valence-electron chi connectivity index (χ4n) is 3.17. The monoisotopic (exact) mass is 317 g/mol. The molecule has 0 radical (unpaired) electrons. The molecule has 124 valence electrons. The van der Waals surface area contributed by atoms with Crippen molar-refractivity contribution in [1.82, 2.24) is 24.6 Å². The molecule has 0 aromatic carbocycles. The number of aromatic nitrogens is 4. The molecule has 2 aromatic rings. The summed E-state index contributed by atoms with van der Waals surface area (Å²) in [6.45, 7) is 8.32. The summed E-state index contributed by atoms with van der Waals surface area (Å²) in [5.74, 6) is 1.95. The predicted molar refractivity (Wildman–Crippen MR) is 84.2 cm³/mol. The highest BCUT2D eigenvalue weighted by molar-refractivity contribution is 5.93. The first kappa shape index (κ1) is 15.7. The fraction of sp³-hybridized carbons (Fsp3) is 0.625. The lowest BCUT2D eigenvalue weighted by atomic mass is 9.96. The molecule has 0 saturated carbocycles. The van der Waals surface area contributed by atoms with Gasteiger partial charge in [-0.05, 0) is 19.8 Å². The van der Waals surface area contributed by atoms with E-state index in [0.717, 1.165) is 31.8 Å². The van der Waals surface area contributed by atoms with Gasteiger partial charge in [-0.25, -0.2) is 4.98 Å². The van der Waals surface area contributed by atoms with E-state index in [1.165, 1.54) is 6.39 Å². The highest BCUT2D eigenvalue weighted by atomic mass is 16.3. The van der Waals surface area contributed by atoms with Gasteiger partial charge in [0.15, 0.2) is 12.1 Å². The zero-order valence-electron chi connectivity index (χ0n) is 13.9. The Morgan fingerprint density at radius 3 is 3.04 bits per heavy atom. The minimum Gasteiger partial charge on any atom is -0.447 e. The Balaban J connectivity index is 1.78. The highest BCUT2D eigenvalue weighted by Crippen LogP contribution is 2.27. The second-order valence-corrected chi connectivity index (χ2v) is 6.29. The van der Waals surface area contributed by atoms with Crippen LogP contribution in [-0.2, 0) is 6.54 Å². The Morgan fingerprint density at radius 2 is 2.30 bits per heavy atom. The third-order valence-corrected chi connectivity index (χ3v) is 4.38. The number of hydrogen-bond acceptors (Lipinski definition) is 5. The molecule has 0 spiro atoms. The van der Waals surface area contributed by atoms with Crippen molar-refractivity contribution < 1.29 is 9.21 Å². The lowest BCUT2D eigenvalue weighted by molar-refractivity contribution is 0.0695. The van der Waals surface area contributed by atoms with Crippen molar-refractivity contribution in [3.05, 3.63) is 30.0 Å². The molecule has 7 nitrogen and oxygen atoms in total. The van der Waals surface area contributed by atoms with E-state index in [1.807, 2.05) is 23.3 Å². The number of piperidine rings is 1. The van der Waals surface area contributed by atoms with Gasteiger partial charge in [0, 0.05) is 31.5 Å². The Morgan fingerprint density at radius 1 is 1.48 bits per heavy atom. The number of oxazole rings is 1. The molecule has 7 heteroatoms. The van der Waals surface area contributed by atoms with Gasteiger partial charge in [0.05, 0.1) is 0 Å². The van der Waals surface area contributed by atoms with Crippen molar-refractivity contribution in [1.29, 1.82) is 0 Å². The molecule has 1 fully saturated rings. The van der Waals surface area contributed by atoms with Gasteiger partial charge in [-0.2, -0.15) is 0 Å². The van der Waals surface area contributed by atoms with Crippen LogP contribution in [0.3, 0.4) is 0 Å². The van der Waals surface area contributed by atoms with Crippen LogP contribution in [0.4, 0.5) is 0 Å². The Hall–Kier alpha value is -2.18. The summed E-state index contributed by atoms with van der Waals surface area (Å²) in [5, 5.41) is 8.26. The molecule has 1 aliphatic rings. The molecule has 1 saturated heterocycles. The van der Waals surface area contributed by atoms with Gasteiger partial charge in [0.1, 0.15) is 17.9 Å². The summed E-state index contributed by atoms with van der Waals surface area (Å²) in [6.07, 6.45) is 5.10. The van der Waals surface area contributed by atoms with Gasteiger partial charge < -0.3 is 13.9 Å². The number of rotatable bonds is 4. The first-order valence-corrected chi connectivity index (χ1v) is 8.22. The van der Waals surface area contributed by atoms with E-state index in [9.17, 15) is 4.79 Å². The number of carbonyl (C=O) groups is 1. The van der Waals surface area contributed by atoms with Gasteiger partial charge in [-0.15, -0.1) is 10.2 Å². The molecule has 2 aromatic heterocycles. The Bertz CT molecular complexity index is 676. The van der Waals surface area contributed by atoms with Crippen LogP contribution < -0.4 is 0 Å². The van der Waals surface area contributed by atoms with Gasteiger partial charge >= 0.3 is 0 Å². The zero-order chi connectivity index (χ0) is 16.4. The summed E-state index contributed by atoms with van der Waals surface area (Å²) in [6, 6.07) is 0. The molecule has 1 atom stereocenters. The van der Waals surface area contributed by atoms with Crippen molar-refractivity contribution in [2.75, 3.05) is 13.1 Å². The topological polar surface area (TPSA) is 77.1 Å². The predicted octanol–water partition coefficient (Wildman–Crippen LogP) is 2.43. The number of carbonyl (C=O) groups excluding carboxylic acids is 1. The molecule has 1 unspecified atom stereocenters. The van der Waals surface area contributed by atoms with Crippen molar-refractivity contribution in [3.8, 4) is 0 Å². The van der Waals surface area contributed by atoms with Gasteiger partial charge in [-0.3, -0.25) is 4.79 Å². The summed E-state index contributed by atoms with van der Waals surface area (Å²) < 4.78 is 7.44. The van der Waals surface area contributed by atoms with Crippen LogP contribution >= 0.6 is 0 Å². The molecular formula is C16H23N5O2. The summed E-state index contributed by atoms with van der Waals surface area (Å²) in [5.41, 5.74) is 0.442. The average molecular weight is 317 g/mol. The molecule has 1 aliphatic heterocycles. The van der Waals surface area contributed by atoms with Crippen molar-refractivity contribution >= 4 is 5.91 Å². The van der Waals surface area contributed by atoms with Crippen LogP contribution in [0, 0.1) is 0 Å². The summed E-state index contributed by atoms with van der Waals surface area (Å²) in [4.78, 5) is 18.8. The van der Waals surface area contributed by atoms with E-state index >= 15 is 0 Å². The number of amides is 1. The van der Waals surface area contributed by atoms with Crippen LogP contribution in [0.15, 0.2) is 17.1 Å². The minimum atomic E-state index is -0.0466. The molecule has 1 amide bonds. The Labute approximate surface area is 135 Å². The number of nitrogens with zero attached hydrogens (tertiary/aromatic N) is 5. The van der Waals surface area contributed by atoms with Crippen LogP contribution in [0.5, 0.6) is 0 Å². The van der Waals surface area contributed by atoms with Crippen LogP contribution in [-0.4, -0.2) is 43.6 Å². The van der Waals surface area contributed by atoms with E-state index in [4.69, 9.17) is 4.42 Å². The van der Waals surface area contributed by atoms with E-state index in [1.54, 1.807) is 6.33 Å². The van der Waals surface area contributed by atoms with Gasteiger partial charge in [-0.1, -0.05) is 13.8 Å². The zero-order valence-corrected chi connectivity index (χ0v) is 13.9. The molecular weight excluding hydrogens is 294 g/mol. The molecule has 0 bridgehead atoms. The SMILES string of the molecule is CCn1cnnc1C1CCCN(C(=O)c2ncoc2C(C)C)C1. The third kappa shape index (κ3) is 3.00. The highest BCUT2D eigenvalue weighted by Gasteiger charge is 2.31. The van der Waals surface area contributed by atoms with Crippen molar-refractivity contribution in [2.24, 2.45) is 0 Å². The van der Waals surface area contributed by atoms with E-state index in [-0.39, 0.29) is 17.7 Å². The second-order valence-electron chi connectivity index (χ2n) is 6.29. The molecule has 23 heavy (non-hydrogen) atoms. The number of likely N-dealkylation sites (tertiary alicyclic amines) is 1. The van der Waals surface area contributed by atoms with Crippen LogP contribution in [0.2, 0.25) is 0 Å². The van der Waals surface area contributed by atoms with Crippen LogP contribution in [0.1, 0.15) is 67.5 Å². The number of aryl methyl sites for hydroxylation is 1. The van der Waals surface area contributed by atoms with E-state index in [0.29, 0.717) is 18.0 Å². The lowest BCUT2D eigenvalue weighted by Gasteiger charge is -2.32. The maximum Gasteiger partial charge on any atom is 0.276 e. The quantitative estimate of drug-likeness (QED) is 0.865. The summed E-state index contributed by atoms with van der Waals surface area (Å²) >= 11 is 0. The average Bonchev–Trinajstić information content (AvgIpc) is 3.23. The lowest BCUT2D eigenvalue weighted by Crippen LogP contribution is -2.40. The number of hydrogen-bond donors (Lipinski definition) is 0. The standard InChI is InChI=1S/C16H23N5O2/c1-4-20-9-18-19-15(20)12-6-5-7-21(8-12)16(22)13-14(11(2)3)23-10-17-13/h9-12H,4-8H2,1-3H3. The van der Waals surface area contributed by atoms with Crippen LogP contribution in [0.25, 0.3) is 0 Å². The smallest absolute Gasteiger partial charge is 0.276 e. The first-order valence-electron chi connectivity index (χ1n) is 8.22. The minimum absolute atomic E-state index is 0.0466. The van der Waals surface area contributed by atoms with Gasteiger partial charge in [0.2, 0.25) is 0 Å². The third-order valence-electron chi connectivity index (χ3n) is 4.38. The molecule has 3 heterocycles. The van der Waals surface area contributed by atoms with Crippen molar-refractivity contribution in [3.63, 3.8) is 0 Å². The molecule has 0 N–H and O–H groups in total. The van der Waals surface area contributed by atoms with E-state index in [2.05, 4.69) is 22.1 Å². The fourth-order valence-corrected chi connectivity index (χ4v) is 3.17. The Kier molecular flexibility index (Phi) is 4.45. The van der Waals surface area contributed by atoms with Crippen molar-refractivity contribution in [2.45, 2.75) is 52.0 Å².